The molecule has 4 heteroatoms. The smallest absolute Gasteiger partial charge is 0.243 e. The van der Waals surface area contributed by atoms with Gasteiger partial charge in [0.1, 0.15) is 0 Å². The minimum absolute atomic E-state index is 0.0538. The average Bonchev–Trinajstić information content (AvgIpc) is 2.04. The van der Waals surface area contributed by atoms with Gasteiger partial charge in [0.05, 0.1) is 0 Å². The molecule has 0 saturated carbocycles. The molecule has 12 heavy (non-hydrogen) atoms. The van der Waals surface area contributed by atoms with E-state index in [1.807, 2.05) is 6.92 Å². The molecule has 0 aliphatic carbocycles. The third kappa shape index (κ3) is 5.46. The van der Waals surface area contributed by atoms with Crippen molar-refractivity contribution in [1.29, 1.82) is 0 Å². The summed E-state index contributed by atoms with van der Waals surface area (Å²) in [5, 5.41) is 5.13. The van der Waals surface area contributed by atoms with Gasteiger partial charge in [0, 0.05) is 19.5 Å². The molecule has 4 nitrogen and oxygen atoms in total. The van der Waals surface area contributed by atoms with Gasteiger partial charge in [0.2, 0.25) is 11.8 Å². The van der Waals surface area contributed by atoms with E-state index in [2.05, 4.69) is 17.2 Å². The molecule has 0 aromatic heterocycles. The fourth-order valence-corrected chi connectivity index (χ4v) is 0.657. The summed E-state index contributed by atoms with van der Waals surface area (Å²) in [7, 11) is 0. The summed E-state index contributed by atoms with van der Waals surface area (Å²) in [6.07, 6.45) is 1.49. The Kier molecular flexibility index (Phi) is 5.69. The van der Waals surface area contributed by atoms with Gasteiger partial charge in [-0.15, -0.1) is 0 Å². The van der Waals surface area contributed by atoms with Gasteiger partial charge < -0.3 is 10.6 Å². The van der Waals surface area contributed by atoms with Crippen molar-refractivity contribution >= 4 is 11.8 Å². The monoisotopic (exact) mass is 170 g/mol. The summed E-state index contributed by atoms with van der Waals surface area (Å²) in [6.45, 7) is 6.11. The maximum atomic E-state index is 10.8. The first-order valence-electron chi connectivity index (χ1n) is 3.87. The number of rotatable bonds is 5. The minimum atomic E-state index is -0.251. The zero-order chi connectivity index (χ0) is 9.40. The summed E-state index contributed by atoms with van der Waals surface area (Å²) in [6, 6.07) is 0. The Morgan fingerprint density at radius 3 is 2.58 bits per heavy atom. The van der Waals surface area contributed by atoms with Crippen molar-refractivity contribution in [1.82, 2.24) is 10.6 Å². The molecule has 0 fully saturated rings. The highest BCUT2D eigenvalue weighted by Crippen LogP contribution is 1.77. The van der Waals surface area contributed by atoms with Gasteiger partial charge >= 0.3 is 0 Å². The maximum absolute atomic E-state index is 10.8. The van der Waals surface area contributed by atoms with E-state index in [0.717, 1.165) is 0 Å². The van der Waals surface area contributed by atoms with Crippen LogP contribution in [-0.4, -0.2) is 24.9 Å². The number of amides is 2. The molecule has 0 heterocycles. The summed E-state index contributed by atoms with van der Waals surface area (Å²) < 4.78 is 0. The van der Waals surface area contributed by atoms with Crippen LogP contribution in [0.4, 0.5) is 0 Å². The first-order valence-corrected chi connectivity index (χ1v) is 3.87. The van der Waals surface area contributed by atoms with E-state index in [1.54, 1.807) is 0 Å². The quantitative estimate of drug-likeness (QED) is 0.562. The van der Waals surface area contributed by atoms with Crippen LogP contribution in [0.3, 0.4) is 0 Å². The van der Waals surface area contributed by atoms with Crippen molar-refractivity contribution in [3.63, 3.8) is 0 Å². The van der Waals surface area contributed by atoms with Crippen LogP contribution in [0.2, 0.25) is 0 Å². The number of carbonyl (C=O) groups excluding carboxylic acids is 2. The van der Waals surface area contributed by atoms with Gasteiger partial charge in [-0.05, 0) is 13.0 Å². The molecule has 0 spiro atoms. The molecule has 0 unspecified atom stereocenters. The molecular formula is C8H14N2O2. The van der Waals surface area contributed by atoms with Gasteiger partial charge in [-0.3, -0.25) is 9.59 Å². The molecule has 0 aliphatic heterocycles. The van der Waals surface area contributed by atoms with Gasteiger partial charge in [0.15, 0.2) is 0 Å². The Morgan fingerprint density at radius 2 is 2.08 bits per heavy atom. The molecule has 0 rings (SSSR count). The van der Waals surface area contributed by atoms with E-state index >= 15 is 0 Å². The Balaban J connectivity index is 3.36. The van der Waals surface area contributed by atoms with E-state index in [-0.39, 0.29) is 11.8 Å². The summed E-state index contributed by atoms with van der Waals surface area (Å²) >= 11 is 0. The lowest BCUT2D eigenvalue weighted by molar-refractivity contribution is -0.121. The van der Waals surface area contributed by atoms with Crippen molar-refractivity contribution in [2.45, 2.75) is 13.3 Å². The van der Waals surface area contributed by atoms with Crippen molar-refractivity contribution in [2.24, 2.45) is 0 Å². The van der Waals surface area contributed by atoms with E-state index < -0.39 is 0 Å². The second-order valence-corrected chi connectivity index (χ2v) is 2.20. The van der Waals surface area contributed by atoms with E-state index in [4.69, 9.17) is 0 Å². The number of hydrogen-bond acceptors (Lipinski definition) is 2. The second kappa shape index (κ2) is 6.39. The second-order valence-electron chi connectivity index (χ2n) is 2.20. The molecule has 68 valence electrons. The Bertz CT molecular complexity index is 178. The summed E-state index contributed by atoms with van der Waals surface area (Å²) in [4.78, 5) is 21.4. The van der Waals surface area contributed by atoms with Crippen LogP contribution < -0.4 is 10.6 Å². The average molecular weight is 170 g/mol. The van der Waals surface area contributed by atoms with E-state index in [9.17, 15) is 9.59 Å². The molecule has 0 aromatic carbocycles. The molecular weight excluding hydrogens is 156 g/mol. The molecule has 0 saturated heterocycles. The van der Waals surface area contributed by atoms with Gasteiger partial charge in [-0.1, -0.05) is 6.58 Å². The number of carbonyl (C=O) groups is 2. The lowest BCUT2D eigenvalue weighted by Gasteiger charge is -2.01. The predicted octanol–water partition coefficient (Wildman–Crippen LogP) is -0.185. The molecule has 0 atom stereocenters. The third-order valence-electron chi connectivity index (χ3n) is 1.21. The van der Waals surface area contributed by atoms with Crippen LogP contribution in [0.5, 0.6) is 0 Å². The molecule has 0 aliphatic rings. The van der Waals surface area contributed by atoms with Crippen molar-refractivity contribution in [3.05, 3.63) is 12.7 Å². The molecule has 2 amide bonds. The minimum Gasteiger partial charge on any atom is -0.356 e. The van der Waals surface area contributed by atoms with Crippen molar-refractivity contribution in [3.8, 4) is 0 Å². The lowest BCUT2D eigenvalue weighted by Crippen LogP contribution is -2.29. The summed E-state index contributed by atoms with van der Waals surface area (Å²) in [5.74, 6) is -0.304. The lowest BCUT2D eigenvalue weighted by atomic mass is 10.4. The Hall–Kier alpha value is -1.32. The number of hydrogen-bond donors (Lipinski definition) is 2. The highest BCUT2D eigenvalue weighted by molar-refractivity contribution is 5.87. The standard InChI is InChI=1S/C8H14N2O2/c1-3-7(11)10-6-5-8(12)9-4-2/h3H,1,4-6H2,2H3,(H,9,12)(H,10,11). The van der Waals surface area contributed by atoms with Crippen LogP contribution in [0, 0.1) is 0 Å². The first-order chi connectivity index (χ1) is 5.70. The Labute approximate surface area is 72.0 Å². The number of nitrogens with one attached hydrogen (secondary N) is 2. The molecule has 0 bridgehead atoms. The van der Waals surface area contributed by atoms with E-state index in [0.29, 0.717) is 19.5 Å². The van der Waals surface area contributed by atoms with Gasteiger partial charge in [0.25, 0.3) is 0 Å². The predicted molar refractivity (Wildman–Crippen MR) is 46.5 cm³/mol. The highest BCUT2D eigenvalue weighted by Gasteiger charge is 1.98. The SMILES string of the molecule is C=CC(=O)NCCC(=O)NCC. The van der Waals surface area contributed by atoms with Crippen LogP contribution >= 0.6 is 0 Å². The first kappa shape index (κ1) is 10.7. The third-order valence-corrected chi connectivity index (χ3v) is 1.21. The fourth-order valence-electron chi connectivity index (χ4n) is 0.657. The maximum Gasteiger partial charge on any atom is 0.243 e. The Morgan fingerprint density at radius 1 is 1.42 bits per heavy atom. The molecule has 0 aromatic rings. The van der Waals surface area contributed by atoms with Gasteiger partial charge in [-0.25, -0.2) is 0 Å². The normalized spacial score (nSPS) is 8.75. The van der Waals surface area contributed by atoms with Crippen molar-refractivity contribution < 1.29 is 9.59 Å². The zero-order valence-corrected chi connectivity index (χ0v) is 7.22. The van der Waals surface area contributed by atoms with Crippen LogP contribution in [0.1, 0.15) is 13.3 Å². The zero-order valence-electron chi connectivity index (χ0n) is 7.22. The molecule has 2 N–H and O–H groups in total. The van der Waals surface area contributed by atoms with Crippen molar-refractivity contribution in [2.75, 3.05) is 13.1 Å². The molecule has 0 radical (unpaired) electrons. The topological polar surface area (TPSA) is 58.2 Å². The van der Waals surface area contributed by atoms with Crippen LogP contribution in [0.15, 0.2) is 12.7 Å². The van der Waals surface area contributed by atoms with Crippen LogP contribution in [0.25, 0.3) is 0 Å². The summed E-state index contributed by atoms with van der Waals surface area (Å²) in [5.41, 5.74) is 0. The largest absolute Gasteiger partial charge is 0.356 e. The van der Waals surface area contributed by atoms with E-state index in [1.165, 1.54) is 6.08 Å². The van der Waals surface area contributed by atoms with Gasteiger partial charge in [-0.2, -0.15) is 0 Å². The highest BCUT2D eigenvalue weighted by atomic mass is 16.2. The fraction of sp³-hybridized carbons (Fsp3) is 0.500. The van der Waals surface area contributed by atoms with Crippen LogP contribution in [-0.2, 0) is 9.59 Å².